The van der Waals surface area contributed by atoms with E-state index < -0.39 is 0 Å². The Morgan fingerprint density at radius 2 is 1.69 bits per heavy atom. The molecule has 6 heteroatoms. The van der Waals surface area contributed by atoms with Crippen LogP contribution in [0.5, 0.6) is 0 Å². The molecule has 0 heterocycles. The van der Waals surface area contributed by atoms with Crippen molar-refractivity contribution in [2.75, 3.05) is 6.54 Å². The van der Waals surface area contributed by atoms with E-state index in [0.717, 1.165) is 6.54 Å². The summed E-state index contributed by atoms with van der Waals surface area (Å²) in [6.45, 7) is 2.79. The summed E-state index contributed by atoms with van der Waals surface area (Å²) in [6, 6.07) is 0.517. The maximum absolute atomic E-state index is 5.17. The predicted molar refractivity (Wildman–Crippen MR) is 75.2 cm³/mol. The monoisotopic (exact) mass is 260 g/mol. The van der Waals surface area contributed by atoms with Gasteiger partial charge in [0, 0.05) is 12.6 Å². The topological polar surface area (TPSA) is 48.1 Å². The van der Waals surface area contributed by atoms with Crippen LogP contribution in [0.15, 0.2) is 0 Å². The molecular weight excluding hydrogens is 240 g/mol. The van der Waals surface area contributed by atoms with Crippen LogP contribution in [0.25, 0.3) is 0 Å². The Morgan fingerprint density at radius 1 is 1.06 bits per heavy atom. The van der Waals surface area contributed by atoms with Crippen molar-refractivity contribution in [1.29, 1.82) is 0 Å². The highest BCUT2D eigenvalue weighted by Crippen LogP contribution is 2.16. The summed E-state index contributed by atoms with van der Waals surface area (Å²) in [4.78, 5) is 0. The molecular formula is C10H20N4S2. The van der Waals surface area contributed by atoms with E-state index in [9.17, 15) is 0 Å². The second-order valence-corrected chi connectivity index (χ2v) is 4.73. The standard InChI is InChI=1S/C10H20N4S2/c1-2-11-9(15)13-14-10(16)12-8-6-4-3-5-7-8/h8H,2-7H2,1H3,(H2,11,13,15)(H2,12,14,16). The Balaban J connectivity index is 2.12. The third-order valence-corrected chi connectivity index (χ3v) is 3.03. The van der Waals surface area contributed by atoms with Crippen molar-refractivity contribution in [3.05, 3.63) is 0 Å². The summed E-state index contributed by atoms with van der Waals surface area (Å²) in [7, 11) is 0. The van der Waals surface area contributed by atoms with Gasteiger partial charge in [0.2, 0.25) is 0 Å². The molecule has 4 N–H and O–H groups in total. The third kappa shape index (κ3) is 5.46. The molecule has 0 unspecified atom stereocenters. The van der Waals surface area contributed by atoms with E-state index in [4.69, 9.17) is 24.4 Å². The minimum Gasteiger partial charge on any atom is -0.362 e. The molecule has 0 bridgehead atoms. The van der Waals surface area contributed by atoms with Gasteiger partial charge in [-0.3, -0.25) is 10.9 Å². The van der Waals surface area contributed by atoms with Crippen molar-refractivity contribution >= 4 is 34.7 Å². The van der Waals surface area contributed by atoms with Crippen LogP contribution in [0.1, 0.15) is 39.0 Å². The van der Waals surface area contributed by atoms with E-state index in [-0.39, 0.29) is 0 Å². The van der Waals surface area contributed by atoms with E-state index in [2.05, 4.69) is 21.5 Å². The normalized spacial score (nSPS) is 16.3. The first kappa shape index (κ1) is 13.4. The Kier molecular flexibility index (Phi) is 6.40. The highest BCUT2D eigenvalue weighted by molar-refractivity contribution is 7.80. The van der Waals surface area contributed by atoms with E-state index in [1.54, 1.807) is 0 Å². The van der Waals surface area contributed by atoms with Crippen molar-refractivity contribution in [2.24, 2.45) is 0 Å². The molecule has 1 saturated carbocycles. The molecule has 0 amide bonds. The highest BCUT2D eigenvalue weighted by Gasteiger charge is 2.13. The van der Waals surface area contributed by atoms with Crippen LogP contribution in [0.3, 0.4) is 0 Å². The quantitative estimate of drug-likeness (QED) is 0.442. The zero-order valence-electron chi connectivity index (χ0n) is 9.64. The molecule has 0 spiro atoms. The lowest BCUT2D eigenvalue weighted by atomic mass is 9.96. The van der Waals surface area contributed by atoms with E-state index >= 15 is 0 Å². The predicted octanol–water partition coefficient (Wildman–Crippen LogP) is 1.18. The SMILES string of the molecule is CCNC(=S)NNC(=S)NC1CCCCC1. The maximum atomic E-state index is 5.17. The van der Waals surface area contributed by atoms with Gasteiger partial charge in [0.15, 0.2) is 10.2 Å². The first-order valence-corrected chi connectivity index (χ1v) is 6.64. The van der Waals surface area contributed by atoms with Crippen molar-refractivity contribution in [1.82, 2.24) is 21.5 Å². The minimum absolute atomic E-state index is 0.517. The van der Waals surface area contributed by atoms with E-state index in [1.165, 1.54) is 32.1 Å². The molecule has 1 aliphatic carbocycles. The Bertz CT molecular complexity index is 239. The van der Waals surface area contributed by atoms with Crippen molar-refractivity contribution in [3.8, 4) is 0 Å². The maximum Gasteiger partial charge on any atom is 0.185 e. The first-order valence-electron chi connectivity index (χ1n) is 5.82. The van der Waals surface area contributed by atoms with Gasteiger partial charge in [0.25, 0.3) is 0 Å². The molecule has 0 aromatic rings. The molecule has 92 valence electrons. The number of hydrogen-bond acceptors (Lipinski definition) is 2. The Morgan fingerprint density at radius 3 is 2.31 bits per heavy atom. The van der Waals surface area contributed by atoms with Crippen LogP contribution < -0.4 is 21.5 Å². The Hall–Kier alpha value is -0.620. The fourth-order valence-electron chi connectivity index (χ4n) is 1.79. The minimum atomic E-state index is 0.517. The molecule has 0 aromatic heterocycles. The summed E-state index contributed by atoms with van der Waals surface area (Å²) in [5, 5.41) is 7.44. The van der Waals surface area contributed by atoms with Gasteiger partial charge < -0.3 is 10.6 Å². The van der Waals surface area contributed by atoms with Crippen molar-refractivity contribution in [3.63, 3.8) is 0 Å². The van der Waals surface area contributed by atoms with E-state index in [0.29, 0.717) is 16.3 Å². The zero-order chi connectivity index (χ0) is 11.8. The van der Waals surface area contributed by atoms with Crippen LogP contribution in [0, 0.1) is 0 Å². The summed E-state index contributed by atoms with van der Waals surface area (Å²) < 4.78 is 0. The fraction of sp³-hybridized carbons (Fsp3) is 0.800. The molecule has 16 heavy (non-hydrogen) atoms. The molecule has 0 aromatic carbocycles. The zero-order valence-corrected chi connectivity index (χ0v) is 11.3. The number of hydrogen-bond donors (Lipinski definition) is 4. The summed E-state index contributed by atoms with van der Waals surface area (Å²) >= 11 is 10.2. The lowest BCUT2D eigenvalue weighted by Crippen LogP contribution is -2.52. The van der Waals surface area contributed by atoms with Gasteiger partial charge in [0.1, 0.15) is 0 Å². The third-order valence-electron chi connectivity index (χ3n) is 2.57. The van der Waals surface area contributed by atoms with Crippen LogP contribution in [0.4, 0.5) is 0 Å². The fourth-order valence-corrected chi connectivity index (χ4v) is 2.20. The van der Waals surface area contributed by atoms with E-state index in [1.807, 2.05) is 6.92 Å². The van der Waals surface area contributed by atoms with Crippen LogP contribution in [0.2, 0.25) is 0 Å². The largest absolute Gasteiger partial charge is 0.362 e. The molecule has 1 fully saturated rings. The van der Waals surface area contributed by atoms with Gasteiger partial charge in [-0.05, 0) is 44.2 Å². The van der Waals surface area contributed by atoms with Gasteiger partial charge in [-0.1, -0.05) is 19.3 Å². The number of thiocarbonyl (C=S) groups is 2. The van der Waals surface area contributed by atoms with Gasteiger partial charge >= 0.3 is 0 Å². The van der Waals surface area contributed by atoms with Crippen LogP contribution in [-0.4, -0.2) is 22.8 Å². The van der Waals surface area contributed by atoms with Crippen molar-refractivity contribution in [2.45, 2.75) is 45.1 Å². The molecule has 4 nitrogen and oxygen atoms in total. The average Bonchev–Trinajstić information content (AvgIpc) is 2.28. The van der Waals surface area contributed by atoms with Crippen LogP contribution in [-0.2, 0) is 0 Å². The lowest BCUT2D eigenvalue weighted by Gasteiger charge is -2.24. The molecule has 0 radical (unpaired) electrons. The van der Waals surface area contributed by atoms with Crippen LogP contribution >= 0.6 is 24.4 Å². The molecule has 1 aliphatic rings. The lowest BCUT2D eigenvalue weighted by molar-refractivity contribution is 0.411. The average molecular weight is 260 g/mol. The smallest absolute Gasteiger partial charge is 0.185 e. The second kappa shape index (κ2) is 7.62. The summed E-state index contributed by atoms with van der Waals surface area (Å²) in [6.07, 6.45) is 6.35. The second-order valence-electron chi connectivity index (χ2n) is 3.92. The number of hydrazine groups is 1. The number of rotatable bonds is 2. The summed E-state index contributed by atoms with van der Waals surface area (Å²) in [5.41, 5.74) is 5.72. The van der Waals surface area contributed by atoms with Gasteiger partial charge in [-0.15, -0.1) is 0 Å². The molecule has 1 rings (SSSR count). The Labute approximate surface area is 108 Å². The molecule has 0 aliphatic heterocycles. The van der Waals surface area contributed by atoms with Gasteiger partial charge in [-0.2, -0.15) is 0 Å². The first-order chi connectivity index (χ1) is 7.72. The molecule has 0 saturated heterocycles. The molecule has 0 atom stereocenters. The van der Waals surface area contributed by atoms with Gasteiger partial charge in [0.05, 0.1) is 0 Å². The van der Waals surface area contributed by atoms with Crippen molar-refractivity contribution < 1.29 is 0 Å². The highest BCUT2D eigenvalue weighted by atomic mass is 32.1. The summed E-state index contributed by atoms with van der Waals surface area (Å²) in [5.74, 6) is 0. The van der Waals surface area contributed by atoms with Gasteiger partial charge in [-0.25, -0.2) is 0 Å². The number of nitrogens with one attached hydrogen (secondary N) is 4.